The van der Waals surface area contributed by atoms with E-state index in [0.717, 1.165) is 19.5 Å². The average Bonchev–Trinajstić information content (AvgIpc) is 2.26. The molecule has 0 saturated carbocycles. The lowest BCUT2D eigenvalue weighted by Crippen LogP contribution is -2.45. The lowest BCUT2D eigenvalue weighted by atomic mass is 10.3. The molecule has 0 aromatic heterocycles. The Morgan fingerprint density at radius 3 is 3.13 bits per heavy atom. The van der Waals surface area contributed by atoms with Crippen LogP contribution < -0.4 is 5.32 Å². The molecule has 0 bridgehead atoms. The summed E-state index contributed by atoms with van der Waals surface area (Å²) in [4.78, 5) is 16.9. The highest BCUT2D eigenvalue weighted by Crippen LogP contribution is 1.99. The van der Waals surface area contributed by atoms with E-state index in [4.69, 9.17) is 0 Å². The second-order valence-electron chi connectivity index (χ2n) is 3.35. The van der Waals surface area contributed by atoms with Crippen LogP contribution in [0.15, 0.2) is 4.99 Å². The summed E-state index contributed by atoms with van der Waals surface area (Å²) in [6.45, 7) is 1.53. The van der Waals surface area contributed by atoms with Crippen LogP contribution in [0.5, 0.6) is 0 Å². The molecule has 5 nitrogen and oxygen atoms in total. The van der Waals surface area contributed by atoms with Crippen molar-refractivity contribution in [3.63, 3.8) is 0 Å². The Kier molecular flexibility index (Phi) is 4.33. The number of aliphatic imine (C=N–C) groups is 1. The third kappa shape index (κ3) is 3.38. The fraction of sp³-hybridized carbons (Fsp3) is 0.778. The molecule has 0 amide bonds. The van der Waals surface area contributed by atoms with Crippen molar-refractivity contribution < 1.29 is 13.9 Å². The highest BCUT2D eigenvalue weighted by molar-refractivity contribution is 5.81. The van der Waals surface area contributed by atoms with Crippen molar-refractivity contribution in [2.45, 2.75) is 12.6 Å². The van der Waals surface area contributed by atoms with Gasteiger partial charge in [-0.1, -0.05) is 0 Å². The summed E-state index contributed by atoms with van der Waals surface area (Å²) < 4.78 is 17.3. The molecular formula is C9H16FN3O2. The molecule has 1 aliphatic rings. The molecule has 1 heterocycles. The number of methoxy groups -OCH3 is 1. The zero-order valence-corrected chi connectivity index (χ0v) is 8.99. The lowest BCUT2D eigenvalue weighted by molar-refractivity contribution is -0.146. The van der Waals surface area contributed by atoms with E-state index < -0.39 is 12.1 Å². The first-order valence-corrected chi connectivity index (χ1v) is 4.86. The van der Waals surface area contributed by atoms with E-state index in [1.807, 2.05) is 11.9 Å². The van der Waals surface area contributed by atoms with Crippen LogP contribution in [0.1, 0.15) is 6.42 Å². The van der Waals surface area contributed by atoms with Gasteiger partial charge >= 0.3 is 5.97 Å². The van der Waals surface area contributed by atoms with Gasteiger partial charge in [-0.25, -0.2) is 9.18 Å². The molecule has 0 saturated heterocycles. The number of guanidine groups is 1. The second-order valence-corrected chi connectivity index (χ2v) is 3.35. The molecule has 1 aliphatic heterocycles. The maximum atomic E-state index is 13.1. The number of hydrogen-bond acceptors (Lipinski definition) is 5. The highest BCUT2D eigenvalue weighted by atomic mass is 19.1. The molecule has 6 heteroatoms. The molecule has 1 N–H and O–H groups in total. The van der Waals surface area contributed by atoms with Crippen molar-refractivity contribution in [2.24, 2.45) is 4.99 Å². The molecule has 0 aromatic carbocycles. The van der Waals surface area contributed by atoms with E-state index in [0.29, 0.717) is 5.96 Å². The zero-order chi connectivity index (χ0) is 11.3. The van der Waals surface area contributed by atoms with Crippen molar-refractivity contribution >= 4 is 11.9 Å². The molecule has 0 aliphatic carbocycles. The Labute approximate surface area is 88.3 Å². The number of carbonyl (C=O) groups is 1. The number of esters is 1. The Morgan fingerprint density at radius 1 is 1.80 bits per heavy atom. The van der Waals surface area contributed by atoms with Gasteiger partial charge in [-0.15, -0.1) is 0 Å². The molecular weight excluding hydrogens is 201 g/mol. The van der Waals surface area contributed by atoms with Gasteiger partial charge in [0.1, 0.15) is 0 Å². The number of halogens is 1. The third-order valence-electron chi connectivity index (χ3n) is 2.17. The first-order chi connectivity index (χ1) is 7.15. The quantitative estimate of drug-likeness (QED) is 0.664. The largest absolute Gasteiger partial charge is 0.467 e. The molecule has 0 fully saturated rings. The number of nitrogens with one attached hydrogen (secondary N) is 1. The fourth-order valence-electron chi connectivity index (χ4n) is 1.30. The van der Waals surface area contributed by atoms with Crippen LogP contribution in [0, 0.1) is 0 Å². The lowest BCUT2D eigenvalue weighted by Gasteiger charge is -2.25. The molecule has 0 radical (unpaired) electrons. The standard InChI is InChI=1S/C9H16FN3O2/c1-13-5-3-4-11-9(13)12-6-7(10)8(14)15-2/h7H,3-6H2,1-2H3,(H,11,12). The molecule has 1 atom stereocenters. The highest BCUT2D eigenvalue weighted by Gasteiger charge is 2.19. The minimum absolute atomic E-state index is 0.101. The summed E-state index contributed by atoms with van der Waals surface area (Å²) >= 11 is 0. The SMILES string of the molecule is COC(=O)C(F)CNC1=NCCCN1C. The van der Waals surface area contributed by atoms with Crippen LogP contribution in [0.2, 0.25) is 0 Å². The number of nitrogens with zero attached hydrogens (tertiary/aromatic N) is 2. The Balaban J connectivity index is 2.36. The Morgan fingerprint density at radius 2 is 2.53 bits per heavy atom. The second kappa shape index (κ2) is 5.53. The smallest absolute Gasteiger partial charge is 0.342 e. The molecule has 0 aromatic rings. The van der Waals surface area contributed by atoms with E-state index in [1.165, 1.54) is 7.11 Å². The van der Waals surface area contributed by atoms with Gasteiger partial charge in [-0.2, -0.15) is 0 Å². The van der Waals surface area contributed by atoms with Gasteiger partial charge in [0.2, 0.25) is 6.17 Å². The predicted octanol–water partition coefficient (Wildman–Crippen LogP) is -0.221. The third-order valence-corrected chi connectivity index (χ3v) is 2.17. The number of carbonyl (C=O) groups excluding carboxylic acids is 1. The van der Waals surface area contributed by atoms with Gasteiger partial charge in [-0.05, 0) is 6.42 Å². The molecule has 0 spiro atoms. The maximum absolute atomic E-state index is 13.1. The number of rotatable bonds is 3. The summed E-state index contributed by atoms with van der Waals surface area (Å²) in [7, 11) is 3.04. The Bertz CT molecular complexity index is 258. The molecule has 1 unspecified atom stereocenters. The minimum atomic E-state index is -1.65. The zero-order valence-electron chi connectivity index (χ0n) is 8.99. The summed E-state index contributed by atoms with van der Waals surface area (Å²) in [6.07, 6.45) is -0.648. The van der Waals surface area contributed by atoms with Crippen molar-refractivity contribution in [3.05, 3.63) is 0 Å². The summed E-state index contributed by atoms with van der Waals surface area (Å²) in [5.41, 5.74) is 0. The van der Waals surface area contributed by atoms with Gasteiger partial charge in [0.05, 0.1) is 13.7 Å². The van der Waals surface area contributed by atoms with Crippen molar-refractivity contribution in [1.82, 2.24) is 10.2 Å². The minimum Gasteiger partial charge on any atom is -0.467 e. The summed E-state index contributed by atoms with van der Waals surface area (Å²) in [5, 5.41) is 2.79. The normalized spacial score (nSPS) is 18.1. The van der Waals surface area contributed by atoms with Crippen LogP contribution in [0.3, 0.4) is 0 Å². The van der Waals surface area contributed by atoms with Gasteiger partial charge in [0.15, 0.2) is 5.96 Å². The van der Waals surface area contributed by atoms with Crippen molar-refractivity contribution in [2.75, 3.05) is 33.8 Å². The maximum Gasteiger partial charge on any atom is 0.342 e. The van der Waals surface area contributed by atoms with E-state index >= 15 is 0 Å². The van der Waals surface area contributed by atoms with Crippen molar-refractivity contribution in [3.8, 4) is 0 Å². The van der Waals surface area contributed by atoms with Crippen LogP contribution in [0.25, 0.3) is 0 Å². The van der Waals surface area contributed by atoms with Crippen LogP contribution >= 0.6 is 0 Å². The fourth-order valence-corrected chi connectivity index (χ4v) is 1.30. The van der Waals surface area contributed by atoms with Crippen LogP contribution in [0.4, 0.5) is 4.39 Å². The van der Waals surface area contributed by atoms with E-state index in [1.54, 1.807) is 0 Å². The monoisotopic (exact) mass is 217 g/mol. The van der Waals surface area contributed by atoms with Crippen LogP contribution in [-0.4, -0.2) is 56.8 Å². The summed E-state index contributed by atoms with van der Waals surface area (Å²) in [6, 6.07) is 0. The van der Waals surface area contributed by atoms with Crippen LogP contribution in [-0.2, 0) is 9.53 Å². The van der Waals surface area contributed by atoms with Gasteiger partial charge in [-0.3, -0.25) is 4.99 Å². The summed E-state index contributed by atoms with van der Waals surface area (Å²) in [5.74, 6) is -0.227. The predicted molar refractivity (Wildman–Crippen MR) is 54.5 cm³/mol. The van der Waals surface area contributed by atoms with E-state index in [2.05, 4.69) is 15.0 Å². The number of hydrogen-bond donors (Lipinski definition) is 1. The first kappa shape index (κ1) is 11.7. The van der Waals surface area contributed by atoms with E-state index in [-0.39, 0.29) is 6.54 Å². The van der Waals surface area contributed by atoms with Gasteiger partial charge < -0.3 is 15.0 Å². The van der Waals surface area contributed by atoms with Gasteiger partial charge in [0.25, 0.3) is 0 Å². The molecule has 1 rings (SSSR count). The molecule has 15 heavy (non-hydrogen) atoms. The van der Waals surface area contributed by atoms with E-state index in [9.17, 15) is 9.18 Å². The van der Waals surface area contributed by atoms with Gasteiger partial charge in [0, 0.05) is 20.1 Å². The van der Waals surface area contributed by atoms with Crippen molar-refractivity contribution in [1.29, 1.82) is 0 Å². The average molecular weight is 217 g/mol. The number of alkyl halides is 1. The number of ether oxygens (including phenoxy) is 1. The molecule has 86 valence electrons. The topological polar surface area (TPSA) is 53.9 Å². The first-order valence-electron chi connectivity index (χ1n) is 4.86. The Hall–Kier alpha value is -1.33.